The van der Waals surface area contributed by atoms with E-state index < -0.39 is 10.8 Å². The third kappa shape index (κ3) is 3.08. The smallest absolute Gasteiger partial charge is 0.284 e. The van der Waals surface area contributed by atoms with Gasteiger partial charge < -0.3 is 14.7 Å². The van der Waals surface area contributed by atoms with Gasteiger partial charge in [-0.15, -0.1) is 10.2 Å². The van der Waals surface area contributed by atoms with E-state index in [1.165, 1.54) is 18.2 Å². The van der Waals surface area contributed by atoms with Gasteiger partial charge in [-0.05, 0) is 18.2 Å². The number of nitro benzene ring substituents is 1. The molecule has 9 heteroatoms. The number of para-hydroxylation sites is 2. The lowest BCUT2D eigenvalue weighted by Gasteiger charge is -2.03. The van der Waals surface area contributed by atoms with Crippen molar-refractivity contribution in [2.24, 2.45) is 10.2 Å². The number of nitro groups is 1. The highest BCUT2D eigenvalue weighted by atomic mass is 16.6. The Morgan fingerprint density at radius 1 is 1.00 bits per heavy atom. The molecule has 0 atom stereocenters. The van der Waals surface area contributed by atoms with Gasteiger partial charge in [0, 0.05) is 39.3 Å². The van der Waals surface area contributed by atoms with E-state index in [0.29, 0.717) is 10.9 Å². The van der Waals surface area contributed by atoms with Gasteiger partial charge in [-0.3, -0.25) is 14.9 Å². The van der Waals surface area contributed by atoms with Crippen LogP contribution in [0.25, 0.3) is 32.7 Å². The molecule has 0 radical (unpaired) electrons. The van der Waals surface area contributed by atoms with Crippen LogP contribution in [0.15, 0.2) is 77.0 Å². The van der Waals surface area contributed by atoms with Crippen LogP contribution in [-0.2, 0) is 11.3 Å². The summed E-state index contributed by atoms with van der Waals surface area (Å²) in [6, 6.07) is 19.6. The molecule has 0 fully saturated rings. The van der Waals surface area contributed by atoms with Crippen LogP contribution in [0.4, 0.5) is 11.4 Å². The summed E-state index contributed by atoms with van der Waals surface area (Å²) in [5, 5.41) is 31.2. The largest absolute Gasteiger partial charge is 0.493 e. The number of nitrogens with one attached hydrogen (secondary N) is 1. The monoisotopic (exact) mass is 413 g/mol. The van der Waals surface area contributed by atoms with E-state index in [1.807, 2.05) is 53.1 Å². The van der Waals surface area contributed by atoms with Crippen LogP contribution in [-0.4, -0.2) is 25.5 Å². The van der Waals surface area contributed by atoms with Crippen molar-refractivity contribution in [1.29, 1.82) is 0 Å². The first-order valence-electron chi connectivity index (χ1n) is 9.42. The number of non-ortho nitro benzene ring substituents is 1. The van der Waals surface area contributed by atoms with Gasteiger partial charge in [0.25, 0.3) is 11.6 Å². The van der Waals surface area contributed by atoms with Crippen LogP contribution in [0.2, 0.25) is 0 Å². The Labute approximate surface area is 174 Å². The molecule has 0 spiro atoms. The van der Waals surface area contributed by atoms with Gasteiger partial charge in [-0.2, -0.15) is 0 Å². The van der Waals surface area contributed by atoms with Crippen molar-refractivity contribution in [2.75, 3.05) is 0 Å². The predicted octanol–water partition coefficient (Wildman–Crippen LogP) is 5.20. The molecule has 5 rings (SSSR count). The summed E-state index contributed by atoms with van der Waals surface area (Å²) in [6.07, 6.45) is 0. The number of nitrogens with zero attached hydrogens (tertiary/aromatic N) is 4. The Morgan fingerprint density at radius 2 is 1.65 bits per heavy atom. The zero-order valence-corrected chi connectivity index (χ0v) is 16.0. The SMILES string of the molecule is O=C(Cn1c2ccccc2c2ccccc21)N=Nc1c(O)[nH]c2ccc([N+](=O)[O-])cc12. The van der Waals surface area contributed by atoms with E-state index in [4.69, 9.17) is 0 Å². The van der Waals surface area contributed by atoms with E-state index in [0.717, 1.165) is 21.8 Å². The molecule has 3 aromatic carbocycles. The van der Waals surface area contributed by atoms with Crippen molar-refractivity contribution in [3.63, 3.8) is 0 Å². The number of aromatic hydroxyl groups is 1. The number of carbonyl (C=O) groups excluding carboxylic acids is 1. The number of benzene rings is 3. The van der Waals surface area contributed by atoms with Crippen LogP contribution < -0.4 is 0 Å². The van der Waals surface area contributed by atoms with Gasteiger partial charge in [-0.25, -0.2) is 0 Å². The van der Waals surface area contributed by atoms with Crippen LogP contribution in [0.3, 0.4) is 0 Å². The molecule has 0 saturated heterocycles. The van der Waals surface area contributed by atoms with Gasteiger partial charge >= 0.3 is 0 Å². The summed E-state index contributed by atoms with van der Waals surface area (Å²) in [5.74, 6) is -0.838. The molecule has 0 unspecified atom stereocenters. The second-order valence-electron chi connectivity index (χ2n) is 7.02. The highest BCUT2D eigenvalue weighted by Gasteiger charge is 2.16. The van der Waals surface area contributed by atoms with E-state index in [1.54, 1.807) is 0 Å². The average Bonchev–Trinajstić information content (AvgIpc) is 3.26. The molecule has 2 aromatic heterocycles. The van der Waals surface area contributed by atoms with Crippen molar-refractivity contribution < 1.29 is 14.8 Å². The molecule has 31 heavy (non-hydrogen) atoms. The lowest BCUT2D eigenvalue weighted by atomic mass is 10.2. The normalized spacial score (nSPS) is 11.7. The molecular weight excluding hydrogens is 398 g/mol. The van der Waals surface area contributed by atoms with Crippen molar-refractivity contribution in [3.8, 4) is 5.88 Å². The number of amides is 1. The maximum Gasteiger partial charge on any atom is 0.284 e. The second-order valence-corrected chi connectivity index (χ2v) is 7.02. The number of azo groups is 1. The molecule has 5 aromatic rings. The first-order valence-corrected chi connectivity index (χ1v) is 9.42. The number of fused-ring (bicyclic) bond motifs is 4. The van der Waals surface area contributed by atoms with Gasteiger partial charge in [-0.1, -0.05) is 36.4 Å². The fourth-order valence-corrected chi connectivity index (χ4v) is 3.81. The van der Waals surface area contributed by atoms with Crippen LogP contribution in [0.1, 0.15) is 0 Å². The standard InChI is InChI=1S/C22H15N5O4/c28-20(12-26-18-7-3-1-5-14(18)15-6-2-4-8-19(15)26)24-25-21-16-11-13(27(30)31)9-10-17(16)23-22(21)29/h1-11,23,29H,12H2. The molecule has 2 N–H and O–H groups in total. The van der Waals surface area contributed by atoms with Crippen LogP contribution in [0, 0.1) is 10.1 Å². The zero-order chi connectivity index (χ0) is 21.5. The Balaban J connectivity index is 1.51. The number of aromatic amines is 1. The van der Waals surface area contributed by atoms with Crippen LogP contribution in [0.5, 0.6) is 5.88 Å². The Bertz CT molecular complexity index is 1480. The fraction of sp³-hybridized carbons (Fsp3) is 0.0455. The molecule has 0 bridgehead atoms. The third-order valence-electron chi connectivity index (χ3n) is 5.18. The Morgan fingerprint density at radius 3 is 2.29 bits per heavy atom. The topological polar surface area (TPSA) is 126 Å². The summed E-state index contributed by atoms with van der Waals surface area (Å²) < 4.78 is 1.87. The number of hydrogen-bond donors (Lipinski definition) is 2. The molecular formula is C22H15N5O4. The first-order chi connectivity index (χ1) is 15.0. The minimum absolute atomic E-state index is 0.0192. The summed E-state index contributed by atoms with van der Waals surface area (Å²) in [7, 11) is 0. The molecule has 152 valence electrons. The highest BCUT2D eigenvalue weighted by molar-refractivity contribution is 6.08. The number of aromatic nitrogens is 2. The first kappa shape index (κ1) is 18.5. The zero-order valence-electron chi connectivity index (χ0n) is 16.0. The number of H-pyrrole nitrogens is 1. The predicted molar refractivity (Wildman–Crippen MR) is 116 cm³/mol. The molecule has 2 heterocycles. The lowest BCUT2D eigenvalue weighted by Crippen LogP contribution is -2.06. The minimum atomic E-state index is -0.544. The molecule has 0 saturated carbocycles. The average molecular weight is 413 g/mol. The van der Waals surface area contributed by atoms with E-state index in [2.05, 4.69) is 15.2 Å². The van der Waals surface area contributed by atoms with Crippen molar-refractivity contribution >= 4 is 50.0 Å². The van der Waals surface area contributed by atoms with Gasteiger partial charge in [0.2, 0.25) is 5.88 Å². The number of hydrogen-bond acceptors (Lipinski definition) is 5. The lowest BCUT2D eigenvalue weighted by molar-refractivity contribution is -0.384. The summed E-state index contributed by atoms with van der Waals surface area (Å²) >= 11 is 0. The van der Waals surface area contributed by atoms with Gasteiger partial charge in [0.15, 0.2) is 5.69 Å². The summed E-state index contributed by atoms with van der Waals surface area (Å²) in [5.41, 5.74) is 2.08. The number of carbonyl (C=O) groups is 1. The van der Waals surface area contributed by atoms with Crippen molar-refractivity contribution in [2.45, 2.75) is 6.54 Å². The molecule has 0 aliphatic carbocycles. The molecule has 0 aliphatic rings. The third-order valence-corrected chi connectivity index (χ3v) is 5.18. The number of rotatable bonds is 4. The second kappa shape index (κ2) is 7.06. The van der Waals surface area contributed by atoms with Gasteiger partial charge in [0.05, 0.1) is 10.4 Å². The Hall–Kier alpha value is -4.53. The minimum Gasteiger partial charge on any atom is -0.493 e. The van der Waals surface area contributed by atoms with Crippen LogP contribution >= 0.6 is 0 Å². The summed E-state index contributed by atoms with van der Waals surface area (Å²) in [4.78, 5) is 25.8. The van der Waals surface area contributed by atoms with E-state index in [9.17, 15) is 20.0 Å². The van der Waals surface area contributed by atoms with Crippen molar-refractivity contribution in [1.82, 2.24) is 9.55 Å². The highest BCUT2D eigenvalue weighted by Crippen LogP contribution is 2.37. The van der Waals surface area contributed by atoms with E-state index >= 15 is 0 Å². The van der Waals surface area contributed by atoms with Gasteiger partial charge in [0.1, 0.15) is 6.54 Å². The summed E-state index contributed by atoms with van der Waals surface area (Å²) in [6.45, 7) is -0.0409. The Kier molecular flexibility index (Phi) is 4.21. The van der Waals surface area contributed by atoms with Crippen molar-refractivity contribution in [3.05, 3.63) is 76.8 Å². The molecule has 0 aliphatic heterocycles. The fourth-order valence-electron chi connectivity index (χ4n) is 3.81. The quantitative estimate of drug-likeness (QED) is 0.238. The molecule has 9 nitrogen and oxygen atoms in total. The maximum atomic E-state index is 12.6. The molecule has 1 amide bonds. The maximum absolute atomic E-state index is 12.6. The van der Waals surface area contributed by atoms with E-state index in [-0.39, 0.29) is 23.8 Å².